The zero-order chi connectivity index (χ0) is 22.9. The van der Waals surface area contributed by atoms with E-state index in [4.69, 9.17) is 4.74 Å². The van der Waals surface area contributed by atoms with Gasteiger partial charge in [-0.15, -0.1) is 0 Å². The van der Waals surface area contributed by atoms with Crippen LogP contribution in [-0.4, -0.2) is 44.7 Å². The van der Waals surface area contributed by atoms with E-state index in [2.05, 4.69) is 5.32 Å². The van der Waals surface area contributed by atoms with E-state index in [9.17, 15) is 22.8 Å². The second-order valence-electron chi connectivity index (χ2n) is 8.06. The van der Waals surface area contributed by atoms with Crippen LogP contribution >= 0.6 is 0 Å². The van der Waals surface area contributed by atoms with Crippen LogP contribution in [-0.2, 0) is 20.5 Å². The Labute approximate surface area is 183 Å². The summed E-state index contributed by atoms with van der Waals surface area (Å²) < 4.78 is 45.2. The summed E-state index contributed by atoms with van der Waals surface area (Å²) in [5.41, 5.74) is 1.51. The van der Waals surface area contributed by atoms with Crippen molar-refractivity contribution in [3.8, 4) is 0 Å². The van der Waals surface area contributed by atoms with Gasteiger partial charge in [-0.1, -0.05) is 17.7 Å². The van der Waals surface area contributed by atoms with Crippen molar-refractivity contribution in [1.82, 2.24) is 0 Å². The number of amides is 2. The Morgan fingerprint density at radius 1 is 1.09 bits per heavy atom. The summed E-state index contributed by atoms with van der Waals surface area (Å²) in [6.45, 7) is 4.05. The summed E-state index contributed by atoms with van der Waals surface area (Å²) in [6.07, 6.45) is -4.53. The van der Waals surface area contributed by atoms with Crippen molar-refractivity contribution in [2.45, 2.75) is 19.5 Å². The summed E-state index contributed by atoms with van der Waals surface area (Å²) in [6, 6.07) is 10.7. The number of morpholine rings is 1. The van der Waals surface area contributed by atoms with Crippen molar-refractivity contribution in [2.75, 3.05) is 48.0 Å². The molecule has 2 aliphatic rings. The standard InChI is InChI=1S/C23H24F3N3O3/c1-15-2-5-18(6-3-15)29-14-16(12-21(29)30)22(31)27-19-13-17(23(24,25)26)4-7-20(19)28-8-10-32-11-9-28/h2-7,13,16H,8-12,14H2,1H3,(H,27,31). The Morgan fingerprint density at radius 2 is 1.78 bits per heavy atom. The maximum absolute atomic E-state index is 13.3. The molecule has 2 aromatic rings. The first-order valence-electron chi connectivity index (χ1n) is 10.4. The van der Waals surface area contributed by atoms with Gasteiger partial charge in [-0.05, 0) is 37.3 Å². The third-order valence-corrected chi connectivity index (χ3v) is 5.77. The van der Waals surface area contributed by atoms with Gasteiger partial charge in [-0.25, -0.2) is 0 Å². The molecular weight excluding hydrogens is 423 g/mol. The Kier molecular flexibility index (Phi) is 6.10. The number of benzene rings is 2. The van der Waals surface area contributed by atoms with Gasteiger partial charge in [0.05, 0.1) is 36.1 Å². The Balaban J connectivity index is 1.55. The van der Waals surface area contributed by atoms with Crippen LogP contribution in [0.1, 0.15) is 17.5 Å². The highest BCUT2D eigenvalue weighted by molar-refractivity contribution is 6.04. The topological polar surface area (TPSA) is 61.9 Å². The molecule has 0 aromatic heterocycles. The number of hydrogen-bond acceptors (Lipinski definition) is 4. The van der Waals surface area contributed by atoms with Gasteiger partial charge in [0, 0.05) is 31.7 Å². The smallest absolute Gasteiger partial charge is 0.378 e. The number of hydrogen-bond donors (Lipinski definition) is 1. The lowest BCUT2D eigenvalue weighted by molar-refractivity contribution is -0.137. The van der Waals surface area contributed by atoms with Crippen LogP contribution in [0.25, 0.3) is 0 Å². The molecule has 1 N–H and O–H groups in total. The number of rotatable bonds is 4. The number of anilines is 3. The normalized spacial score (nSPS) is 19.4. The number of nitrogens with zero attached hydrogens (tertiary/aromatic N) is 2. The van der Waals surface area contributed by atoms with E-state index in [1.54, 1.807) is 4.90 Å². The van der Waals surface area contributed by atoms with E-state index in [0.717, 1.165) is 17.7 Å². The number of carbonyl (C=O) groups excluding carboxylic acids is 2. The number of carbonyl (C=O) groups is 2. The van der Waals surface area contributed by atoms with Gasteiger partial charge in [0.2, 0.25) is 11.8 Å². The van der Waals surface area contributed by atoms with Crippen LogP contribution in [0.5, 0.6) is 0 Å². The fraction of sp³-hybridized carbons (Fsp3) is 0.391. The number of ether oxygens (including phenoxy) is 1. The Hall–Kier alpha value is -3.07. The third kappa shape index (κ3) is 4.72. The zero-order valence-corrected chi connectivity index (χ0v) is 17.6. The lowest BCUT2D eigenvalue weighted by Crippen LogP contribution is -2.37. The SMILES string of the molecule is Cc1ccc(N2CC(C(=O)Nc3cc(C(F)(F)F)ccc3N3CCOCC3)CC2=O)cc1. The Bertz CT molecular complexity index is 1000. The molecule has 0 spiro atoms. The summed E-state index contributed by atoms with van der Waals surface area (Å²) in [5.74, 6) is -1.32. The molecule has 2 amide bonds. The Morgan fingerprint density at radius 3 is 2.44 bits per heavy atom. The summed E-state index contributed by atoms with van der Waals surface area (Å²) >= 11 is 0. The van der Waals surface area contributed by atoms with E-state index in [1.165, 1.54) is 6.07 Å². The highest BCUT2D eigenvalue weighted by atomic mass is 19.4. The minimum Gasteiger partial charge on any atom is -0.378 e. The molecule has 170 valence electrons. The monoisotopic (exact) mass is 447 g/mol. The van der Waals surface area contributed by atoms with Crippen molar-refractivity contribution in [1.29, 1.82) is 0 Å². The maximum atomic E-state index is 13.3. The molecule has 2 aliphatic heterocycles. The highest BCUT2D eigenvalue weighted by Crippen LogP contribution is 2.36. The first-order valence-corrected chi connectivity index (χ1v) is 10.4. The first kappa shape index (κ1) is 22.1. The lowest BCUT2D eigenvalue weighted by atomic mass is 10.1. The van der Waals surface area contributed by atoms with E-state index >= 15 is 0 Å². The number of alkyl halides is 3. The van der Waals surface area contributed by atoms with E-state index in [1.807, 2.05) is 36.1 Å². The number of aryl methyl sites for hydroxylation is 1. The van der Waals surface area contributed by atoms with Crippen LogP contribution in [0.3, 0.4) is 0 Å². The van der Waals surface area contributed by atoms with Gasteiger partial charge in [-0.3, -0.25) is 9.59 Å². The molecule has 6 nitrogen and oxygen atoms in total. The van der Waals surface area contributed by atoms with E-state index in [-0.39, 0.29) is 24.6 Å². The average Bonchev–Trinajstić information content (AvgIpc) is 3.16. The predicted molar refractivity (Wildman–Crippen MR) is 115 cm³/mol. The van der Waals surface area contributed by atoms with Gasteiger partial charge in [0.15, 0.2) is 0 Å². The van der Waals surface area contributed by atoms with Crippen LogP contribution in [0.4, 0.5) is 30.2 Å². The molecule has 0 aliphatic carbocycles. The predicted octanol–water partition coefficient (Wildman–Crippen LogP) is 3.84. The van der Waals surface area contributed by atoms with Crippen LogP contribution in [0.15, 0.2) is 42.5 Å². The van der Waals surface area contributed by atoms with Crippen molar-refractivity contribution < 1.29 is 27.5 Å². The molecule has 1 unspecified atom stereocenters. The quantitative estimate of drug-likeness (QED) is 0.774. The van der Waals surface area contributed by atoms with Gasteiger partial charge in [0.1, 0.15) is 0 Å². The summed E-state index contributed by atoms with van der Waals surface area (Å²) in [5, 5.41) is 2.66. The molecular formula is C23H24F3N3O3. The van der Waals surface area contributed by atoms with E-state index < -0.39 is 23.6 Å². The second kappa shape index (κ2) is 8.82. The van der Waals surface area contributed by atoms with Crippen molar-refractivity contribution >= 4 is 28.9 Å². The minimum atomic E-state index is -4.53. The highest BCUT2D eigenvalue weighted by Gasteiger charge is 2.36. The van der Waals surface area contributed by atoms with Crippen LogP contribution in [0.2, 0.25) is 0 Å². The molecule has 0 bridgehead atoms. The molecule has 32 heavy (non-hydrogen) atoms. The molecule has 2 aromatic carbocycles. The van der Waals surface area contributed by atoms with Crippen molar-refractivity contribution in [2.24, 2.45) is 5.92 Å². The molecule has 0 saturated carbocycles. The fourth-order valence-electron chi connectivity index (χ4n) is 3.98. The second-order valence-corrected chi connectivity index (χ2v) is 8.06. The molecule has 2 fully saturated rings. The maximum Gasteiger partial charge on any atom is 0.416 e. The van der Waals surface area contributed by atoms with Gasteiger partial charge in [0.25, 0.3) is 0 Å². The number of halogens is 3. The van der Waals surface area contributed by atoms with Crippen LogP contribution in [0, 0.1) is 12.8 Å². The minimum absolute atomic E-state index is 0.00551. The molecule has 4 rings (SSSR count). The van der Waals surface area contributed by atoms with Gasteiger partial charge >= 0.3 is 6.18 Å². The van der Waals surface area contributed by atoms with Crippen LogP contribution < -0.4 is 15.1 Å². The van der Waals surface area contributed by atoms with Crippen molar-refractivity contribution in [3.05, 3.63) is 53.6 Å². The molecule has 2 heterocycles. The van der Waals surface area contributed by atoms with Gasteiger partial charge < -0.3 is 19.9 Å². The average molecular weight is 447 g/mol. The summed E-state index contributed by atoms with van der Waals surface area (Å²) in [4.78, 5) is 28.9. The number of nitrogens with one attached hydrogen (secondary N) is 1. The molecule has 1 atom stereocenters. The lowest BCUT2D eigenvalue weighted by Gasteiger charge is -2.31. The molecule has 2 saturated heterocycles. The van der Waals surface area contributed by atoms with Crippen molar-refractivity contribution in [3.63, 3.8) is 0 Å². The first-order chi connectivity index (χ1) is 15.2. The fourth-order valence-corrected chi connectivity index (χ4v) is 3.98. The van der Waals surface area contributed by atoms with Gasteiger partial charge in [-0.2, -0.15) is 13.2 Å². The largest absolute Gasteiger partial charge is 0.416 e. The zero-order valence-electron chi connectivity index (χ0n) is 17.6. The molecule has 9 heteroatoms. The van der Waals surface area contributed by atoms with E-state index in [0.29, 0.717) is 37.7 Å². The molecule has 0 radical (unpaired) electrons. The third-order valence-electron chi connectivity index (χ3n) is 5.77. The summed E-state index contributed by atoms with van der Waals surface area (Å²) in [7, 11) is 0.